The van der Waals surface area contributed by atoms with Crippen LogP contribution in [0.3, 0.4) is 0 Å². The van der Waals surface area contributed by atoms with Gasteiger partial charge in [-0.25, -0.2) is 9.37 Å². The molecule has 0 aliphatic rings. The zero-order chi connectivity index (χ0) is 17.1. The topological polar surface area (TPSA) is 62.2 Å². The Bertz CT molecular complexity index is 886. The Morgan fingerprint density at radius 3 is 2.60 bits per heavy atom. The first-order valence-corrected chi connectivity index (χ1v) is 8.08. The van der Waals surface area contributed by atoms with Crippen molar-refractivity contribution in [2.75, 3.05) is 0 Å². The van der Waals surface area contributed by atoms with E-state index in [1.165, 1.54) is 18.2 Å². The molecule has 122 valence electrons. The minimum Gasteiger partial charge on any atom is -0.544 e. The zero-order valence-corrected chi connectivity index (χ0v) is 16.7. The van der Waals surface area contributed by atoms with Gasteiger partial charge in [0.05, 0.1) is 5.97 Å². The first-order valence-electron chi connectivity index (χ1n) is 6.88. The zero-order valence-electron chi connectivity index (χ0n) is 13.2. The van der Waals surface area contributed by atoms with Crippen molar-refractivity contribution in [3.05, 3.63) is 69.8 Å². The maximum Gasteiger partial charge on any atom is 1.00 e. The molecule has 0 fully saturated rings. The quantitative estimate of drug-likeness (QED) is 0.602. The molecule has 0 saturated carbocycles. The number of ether oxygens (including phenoxy) is 1. The molecule has 3 rings (SSSR count). The second-order valence-electron chi connectivity index (χ2n) is 4.87. The van der Waals surface area contributed by atoms with Gasteiger partial charge in [-0.2, -0.15) is 0 Å². The number of carboxylic acid groups (broad SMARTS) is 1. The number of carbonyl (C=O) groups excluding carboxylic acids is 1. The number of hydrogen-bond acceptors (Lipinski definition) is 5. The third-order valence-corrected chi connectivity index (χ3v) is 4.46. The summed E-state index contributed by atoms with van der Waals surface area (Å²) in [4.78, 5) is 15.3. The SMILES string of the molecule is O=C([O-])c1sc(-c2cccc(F)c2)nc1OCc1ccc(Cl)cc1.[Na+]. The van der Waals surface area contributed by atoms with E-state index in [0.29, 0.717) is 15.6 Å². The summed E-state index contributed by atoms with van der Waals surface area (Å²) in [7, 11) is 0. The maximum atomic E-state index is 13.3. The van der Waals surface area contributed by atoms with Crippen molar-refractivity contribution in [3.63, 3.8) is 0 Å². The number of halogens is 2. The monoisotopic (exact) mass is 385 g/mol. The smallest absolute Gasteiger partial charge is 0.544 e. The van der Waals surface area contributed by atoms with Crippen molar-refractivity contribution < 1.29 is 48.6 Å². The number of benzene rings is 2. The third-order valence-electron chi connectivity index (χ3n) is 3.14. The van der Waals surface area contributed by atoms with Crippen molar-refractivity contribution in [2.24, 2.45) is 0 Å². The molecule has 8 heteroatoms. The van der Waals surface area contributed by atoms with Crippen molar-refractivity contribution in [1.82, 2.24) is 4.98 Å². The average Bonchev–Trinajstić information content (AvgIpc) is 2.99. The molecule has 3 aromatic rings. The number of rotatable bonds is 5. The summed E-state index contributed by atoms with van der Waals surface area (Å²) in [5.74, 6) is -1.86. The average molecular weight is 386 g/mol. The molecule has 0 aliphatic heterocycles. The van der Waals surface area contributed by atoms with Crippen LogP contribution in [0, 0.1) is 5.82 Å². The second kappa shape index (κ2) is 8.78. The van der Waals surface area contributed by atoms with Crippen molar-refractivity contribution in [2.45, 2.75) is 6.61 Å². The van der Waals surface area contributed by atoms with Crippen LogP contribution in [0.2, 0.25) is 5.02 Å². The van der Waals surface area contributed by atoms with Crippen LogP contribution in [0.15, 0.2) is 48.5 Å². The Hall–Kier alpha value is -1.44. The molecule has 4 nitrogen and oxygen atoms in total. The summed E-state index contributed by atoms with van der Waals surface area (Å²) < 4.78 is 18.8. The first kappa shape index (κ1) is 19.9. The molecule has 0 bridgehead atoms. The predicted octanol–water partition coefficient (Wildman–Crippen LogP) is 0.549. The van der Waals surface area contributed by atoms with Gasteiger partial charge in [0.2, 0.25) is 5.88 Å². The van der Waals surface area contributed by atoms with Gasteiger partial charge in [0.25, 0.3) is 0 Å². The second-order valence-corrected chi connectivity index (χ2v) is 6.30. The number of nitrogens with zero attached hydrogens (tertiary/aromatic N) is 1. The minimum atomic E-state index is -1.39. The molecule has 0 unspecified atom stereocenters. The van der Waals surface area contributed by atoms with Crippen molar-refractivity contribution in [3.8, 4) is 16.5 Å². The number of hydrogen-bond donors (Lipinski definition) is 0. The molecule has 0 aliphatic carbocycles. The summed E-state index contributed by atoms with van der Waals surface area (Å²) in [5, 5.41) is 12.2. The van der Waals surface area contributed by atoms with E-state index in [1.54, 1.807) is 30.3 Å². The fraction of sp³-hybridized carbons (Fsp3) is 0.0588. The number of aromatic carboxylic acids is 1. The summed E-state index contributed by atoms with van der Waals surface area (Å²) in [5.41, 5.74) is 1.29. The first-order chi connectivity index (χ1) is 11.5. The van der Waals surface area contributed by atoms with Crippen LogP contribution in [0.25, 0.3) is 10.6 Å². The number of carbonyl (C=O) groups is 1. The normalized spacial score (nSPS) is 10.2. The van der Waals surface area contributed by atoms with Crippen molar-refractivity contribution in [1.29, 1.82) is 0 Å². The predicted molar refractivity (Wildman–Crippen MR) is 87.6 cm³/mol. The van der Waals surface area contributed by atoms with Crippen LogP contribution in [0.5, 0.6) is 5.88 Å². The van der Waals surface area contributed by atoms with Gasteiger partial charge in [0, 0.05) is 10.6 Å². The Morgan fingerprint density at radius 2 is 1.96 bits per heavy atom. The fourth-order valence-corrected chi connectivity index (χ4v) is 2.98. The van der Waals surface area contributed by atoms with Gasteiger partial charge < -0.3 is 14.6 Å². The summed E-state index contributed by atoms with van der Waals surface area (Å²) in [6, 6.07) is 12.7. The molecule has 0 saturated heterocycles. The van der Waals surface area contributed by atoms with Crippen LogP contribution in [-0.2, 0) is 6.61 Å². The number of aromatic nitrogens is 1. The van der Waals surface area contributed by atoms with Gasteiger partial charge >= 0.3 is 29.6 Å². The van der Waals surface area contributed by atoms with E-state index < -0.39 is 11.8 Å². The minimum absolute atomic E-state index is 0. The molecular formula is C17H10ClFNNaO3S. The molecule has 1 aromatic heterocycles. The van der Waals surface area contributed by atoms with Gasteiger partial charge in [0.15, 0.2) is 0 Å². The molecule has 1 heterocycles. The van der Waals surface area contributed by atoms with Crippen LogP contribution >= 0.6 is 22.9 Å². The Labute approximate surface area is 174 Å². The van der Waals surface area contributed by atoms with E-state index >= 15 is 0 Å². The summed E-state index contributed by atoms with van der Waals surface area (Å²) >= 11 is 6.69. The largest absolute Gasteiger partial charge is 1.00 e. The summed E-state index contributed by atoms with van der Waals surface area (Å²) in [6.07, 6.45) is 0. The Kier molecular flexibility index (Phi) is 6.98. The summed E-state index contributed by atoms with van der Waals surface area (Å²) in [6.45, 7) is 0.129. The van der Waals surface area contributed by atoms with Gasteiger partial charge in [-0.3, -0.25) is 0 Å². The van der Waals surface area contributed by atoms with E-state index in [4.69, 9.17) is 16.3 Å². The maximum absolute atomic E-state index is 13.3. The standard InChI is InChI=1S/C17H11ClFNO3S.Na/c18-12-6-4-10(5-7-12)9-23-15-14(17(21)22)24-16(20-15)11-2-1-3-13(19)8-11;/h1-8H,9H2,(H,21,22);/q;+1/p-1. The van der Waals surface area contributed by atoms with E-state index in [2.05, 4.69) is 4.98 Å². The fourth-order valence-electron chi connectivity index (χ4n) is 2.01. The number of carboxylic acids is 1. The number of thiazole rings is 1. The molecule has 0 atom stereocenters. The van der Waals surface area contributed by atoms with Crippen LogP contribution in [-0.4, -0.2) is 11.0 Å². The molecule has 0 spiro atoms. The molecule has 25 heavy (non-hydrogen) atoms. The van der Waals surface area contributed by atoms with Gasteiger partial charge in [-0.15, -0.1) is 11.3 Å². The molecule has 2 aromatic carbocycles. The third kappa shape index (κ3) is 5.03. The van der Waals surface area contributed by atoms with E-state index in [9.17, 15) is 14.3 Å². The molecular weight excluding hydrogens is 376 g/mol. The van der Waals surface area contributed by atoms with Crippen molar-refractivity contribution >= 4 is 28.9 Å². The van der Waals surface area contributed by atoms with Gasteiger partial charge in [-0.05, 0) is 29.8 Å². The molecule has 0 amide bonds. The van der Waals surface area contributed by atoms with E-state index in [1.807, 2.05) is 0 Å². The van der Waals surface area contributed by atoms with Crippen LogP contribution in [0.1, 0.15) is 15.2 Å². The molecule has 0 N–H and O–H groups in total. The van der Waals surface area contributed by atoms with E-state index in [-0.39, 0.29) is 46.9 Å². The van der Waals surface area contributed by atoms with Gasteiger partial charge in [-0.1, -0.05) is 35.9 Å². The molecule has 0 radical (unpaired) electrons. The van der Waals surface area contributed by atoms with Gasteiger partial charge in [0.1, 0.15) is 22.3 Å². The van der Waals surface area contributed by atoms with Crippen LogP contribution < -0.4 is 39.4 Å². The Balaban J connectivity index is 0.00000225. The Morgan fingerprint density at radius 1 is 1.24 bits per heavy atom. The van der Waals surface area contributed by atoms with E-state index in [0.717, 1.165) is 16.9 Å². The van der Waals surface area contributed by atoms with Crippen LogP contribution in [0.4, 0.5) is 4.39 Å².